The summed E-state index contributed by atoms with van der Waals surface area (Å²) in [5.41, 5.74) is 1.26. The summed E-state index contributed by atoms with van der Waals surface area (Å²) in [7, 11) is -3.78. The first kappa shape index (κ1) is 21.5. The average Bonchev–Trinajstić information content (AvgIpc) is 3.28. The number of benzene rings is 2. The molecule has 12 heteroatoms. The van der Waals surface area contributed by atoms with Crippen LogP contribution in [-0.2, 0) is 14.8 Å². The van der Waals surface area contributed by atoms with Crippen LogP contribution >= 0.6 is 11.8 Å². The van der Waals surface area contributed by atoms with E-state index in [4.69, 9.17) is 0 Å². The fraction of sp³-hybridized carbons (Fsp3) is 0.0500. The number of nitrogens with zero attached hydrogens (tertiary/aromatic N) is 5. The fourth-order valence-electron chi connectivity index (χ4n) is 2.66. The highest BCUT2D eigenvalue weighted by atomic mass is 32.2. The number of hydrogen-bond acceptors (Lipinski definition) is 8. The van der Waals surface area contributed by atoms with Gasteiger partial charge in [0.15, 0.2) is 0 Å². The highest BCUT2D eigenvalue weighted by Crippen LogP contribution is 2.20. The number of anilines is 2. The van der Waals surface area contributed by atoms with Crippen LogP contribution in [0.4, 0.5) is 11.5 Å². The molecule has 0 saturated carbocycles. The summed E-state index contributed by atoms with van der Waals surface area (Å²) >= 11 is 1.19. The molecular weight excluding hydrogens is 450 g/mol. The zero-order chi connectivity index (χ0) is 22.4. The summed E-state index contributed by atoms with van der Waals surface area (Å²) in [6.45, 7) is 0. The molecule has 0 bridgehead atoms. The first-order chi connectivity index (χ1) is 15.5. The minimum absolute atomic E-state index is 0.0533. The molecule has 2 aromatic carbocycles. The van der Waals surface area contributed by atoms with Gasteiger partial charge in [-0.25, -0.2) is 13.4 Å². The Bertz CT molecular complexity index is 1300. The Morgan fingerprint density at radius 1 is 0.969 bits per heavy atom. The van der Waals surface area contributed by atoms with E-state index in [1.807, 2.05) is 30.3 Å². The van der Waals surface area contributed by atoms with Crippen molar-refractivity contribution in [1.29, 1.82) is 0 Å². The van der Waals surface area contributed by atoms with Crippen molar-refractivity contribution in [2.24, 2.45) is 0 Å². The molecule has 0 aliphatic heterocycles. The van der Waals surface area contributed by atoms with E-state index >= 15 is 0 Å². The SMILES string of the molecule is O=C(CSc1nnnn1-c1ccccc1)Nc1ccc(S(=O)(=O)Nc2ccccn2)cc1. The number of sulfonamides is 1. The second-order valence-corrected chi connectivity index (χ2v) is 9.02. The van der Waals surface area contributed by atoms with Crippen LogP contribution in [0.3, 0.4) is 0 Å². The van der Waals surface area contributed by atoms with Gasteiger partial charge in [-0.05, 0) is 59.0 Å². The molecule has 0 aliphatic carbocycles. The molecule has 0 spiro atoms. The number of thioether (sulfide) groups is 1. The van der Waals surface area contributed by atoms with Crippen LogP contribution in [0.2, 0.25) is 0 Å². The molecule has 0 unspecified atom stereocenters. The van der Waals surface area contributed by atoms with Gasteiger partial charge in [-0.1, -0.05) is 36.0 Å². The van der Waals surface area contributed by atoms with Crippen LogP contribution in [0.25, 0.3) is 5.69 Å². The molecule has 0 radical (unpaired) electrons. The molecule has 0 atom stereocenters. The van der Waals surface area contributed by atoms with E-state index < -0.39 is 10.0 Å². The second kappa shape index (κ2) is 9.58. The molecule has 0 aliphatic rings. The Morgan fingerprint density at radius 3 is 2.44 bits per heavy atom. The minimum Gasteiger partial charge on any atom is -0.325 e. The molecule has 32 heavy (non-hydrogen) atoms. The lowest BCUT2D eigenvalue weighted by Gasteiger charge is -2.09. The van der Waals surface area contributed by atoms with E-state index in [1.54, 1.807) is 22.9 Å². The van der Waals surface area contributed by atoms with Crippen LogP contribution in [0.1, 0.15) is 0 Å². The van der Waals surface area contributed by atoms with Gasteiger partial charge >= 0.3 is 0 Å². The first-order valence-electron chi connectivity index (χ1n) is 9.32. The number of aromatic nitrogens is 5. The predicted molar refractivity (Wildman–Crippen MR) is 120 cm³/mol. The summed E-state index contributed by atoms with van der Waals surface area (Å²) in [6.07, 6.45) is 1.49. The van der Waals surface area contributed by atoms with E-state index in [0.29, 0.717) is 10.8 Å². The third kappa shape index (κ3) is 5.28. The molecule has 4 aromatic rings. The molecule has 0 saturated heterocycles. The zero-order valence-electron chi connectivity index (χ0n) is 16.5. The topological polar surface area (TPSA) is 132 Å². The minimum atomic E-state index is -3.78. The Hall–Kier alpha value is -3.77. The van der Waals surface area contributed by atoms with Crippen LogP contribution in [-0.4, -0.2) is 45.3 Å². The van der Waals surface area contributed by atoms with Gasteiger partial charge in [0, 0.05) is 11.9 Å². The Kier molecular flexibility index (Phi) is 6.42. The number of rotatable bonds is 8. The smallest absolute Gasteiger partial charge is 0.263 e. The molecule has 2 heterocycles. The van der Waals surface area contributed by atoms with Gasteiger partial charge in [-0.3, -0.25) is 9.52 Å². The standard InChI is InChI=1S/C20H17N7O3S2/c28-19(14-31-20-23-25-26-27(20)16-6-2-1-3-7-16)22-15-9-11-17(12-10-15)32(29,30)24-18-8-4-5-13-21-18/h1-13H,14H2,(H,21,24)(H,22,28). The van der Waals surface area contributed by atoms with Crippen molar-refractivity contribution in [3.8, 4) is 5.69 Å². The molecule has 2 aromatic heterocycles. The van der Waals surface area contributed by atoms with Crippen molar-refractivity contribution in [3.63, 3.8) is 0 Å². The number of amides is 1. The summed E-state index contributed by atoms with van der Waals surface area (Å²) in [6, 6.07) is 20.1. The summed E-state index contributed by atoms with van der Waals surface area (Å²) < 4.78 is 28.9. The summed E-state index contributed by atoms with van der Waals surface area (Å²) in [4.78, 5) is 16.3. The van der Waals surface area contributed by atoms with E-state index in [0.717, 1.165) is 5.69 Å². The third-order valence-corrected chi connectivity index (χ3v) is 6.42. The lowest BCUT2D eigenvalue weighted by Crippen LogP contribution is -2.16. The van der Waals surface area contributed by atoms with Gasteiger partial charge in [0.25, 0.3) is 10.0 Å². The molecule has 10 nitrogen and oxygen atoms in total. The van der Waals surface area contributed by atoms with Gasteiger partial charge in [0.2, 0.25) is 11.1 Å². The Labute approximate surface area is 188 Å². The first-order valence-corrected chi connectivity index (χ1v) is 11.8. The monoisotopic (exact) mass is 467 g/mol. The van der Waals surface area contributed by atoms with E-state index in [2.05, 4.69) is 30.5 Å². The second-order valence-electron chi connectivity index (χ2n) is 6.39. The van der Waals surface area contributed by atoms with Gasteiger partial charge in [-0.15, -0.1) is 5.10 Å². The van der Waals surface area contributed by atoms with Crippen LogP contribution < -0.4 is 10.0 Å². The van der Waals surface area contributed by atoms with Crippen molar-refractivity contribution in [2.75, 3.05) is 15.8 Å². The number of carbonyl (C=O) groups excluding carboxylic acids is 1. The Morgan fingerprint density at radius 2 is 1.72 bits per heavy atom. The van der Waals surface area contributed by atoms with E-state index in [1.165, 1.54) is 42.2 Å². The maximum atomic E-state index is 12.5. The molecular formula is C20H17N7O3S2. The number of hydrogen-bond donors (Lipinski definition) is 2. The quantitative estimate of drug-likeness (QED) is 0.378. The predicted octanol–water partition coefficient (Wildman–Crippen LogP) is 2.59. The zero-order valence-corrected chi connectivity index (χ0v) is 18.1. The number of tetrazole rings is 1. The largest absolute Gasteiger partial charge is 0.325 e. The normalized spacial score (nSPS) is 11.1. The van der Waals surface area contributed by atoms with Gasteiger partial charge in [0.1, 0.15) is 5.82 Å². The third-order valence-electron chi connectivity index (χ3n) is 4.13. The maximum absolute atomic E-state index is 12.5. The average molecular weight is 468 g/mol. The molecule has 1 amide bonds. The van der Waals surface area contributed by atoms with Crippen LogP contribution in [0, 0.1) is 0 Å². The number of pyridine rings is 1. The van der Waals surface area contributed by atoms with E-state index in [9.17, 15) is 13.2 Å². The molecule has 162 valence electrons. The van der Waals surface area contributed by atoms with Crippen molar-refractivity contribution >= 4 is 39.2 Å². The number of carbonyl (C=O) groups is 1. The van der Waals surface area contributed by atoms with Gasteiger partial charge in [0.05, 0.1) is 16.3 Å². The highest BCUT2D eigenvalue weighted by Gasteiger charge is 2.15. The van der Waals surface area contributed by atoms with Crippen molar-refractivity contribution in [3.05, 3.63) is 79.0 Å². The van der Waals surface area contributed by atoms with E-state index in [-0.39, 0.29) is 22.4 Å². The molecule has 2 N–H and O–H groups in total. The molecule has 0 fully saturated rings. The number of para-hydroxylation sites is 1. The van der Waals surface area contributed by atoms with Gasteiger partial charge < -0.3 is 5.32 Å². The number of nitrogens with one attached hydrogen (secondary N) is 2. The maximum Gasteiger partial charge on any atom is 0.263 e. The van der Waals surface area contributed by atoms with Crippen molar-refractivity contribution in [1.82, 2.24) is 25.2 Å². The van der Waals surface area contributed by atoms with Crippen LogP contribution in [0.15, 0.2) is 89.0 Å². The molecule has 4 rings (SSSR count). The van der Waals surface area contributed by atoms with Crippen LogP contribution in [0.5, 0.6) is 0 Å². The Balaban J connectivity index is 1.35. The summed E-state index contributed by atoms with van der Waals surface area (Å²) in [5.74, 6) is 0.0219. The fourth-order valence-corrected chi connectivity index (χ4v) is 4.36. The van der Waals surface area contributed by atoms with Gasteiger partial charge in [-0.2, -0.15) is 4.68 Å². The highest BCUT2D eigenvalue weighted by molar-refractivity contribution is 7.99. The summed E-state index contributed by atoms with van der Waals surface area (Å²) in [5, 5.41) is 14.8. The lowest BCUT2D eigenvalue weighted by molar-refractivity contribution is -0.113. The lowest BCUT2D eigenvalue weighted by atomic mass is 10.3. The van der Waals surface area contributed by atoms with Crippen molar-refractivity contribution < 1.29 is 13.2 Å². The van der Waals surface area contributed by atoms with Crippen molar-refractivity contribution in [2.45, 2.75) is 10.1 Å².